The summed E-state index contributed by atoms with van der Waals surface area (Å²) in [5, 5.41) is 23.6. The minimum atomic E-state index is -2.83. The van der Waals surface area contributed by atoms with Crippen LogP contribution in [-0.4, -0.2) is 47.8 Å². The second-order valence-electron chi connectivity index (χ2n) is 8.27. The number of nitrogens with one attached hydrogen (secondary N) is 2. The van der Waals surface area contributed by atoms with E-state index in [1.54, 1.807) is 0 Å². The van der Waals surface area contributed by atoms with Gasteiger partial charge in [-0.15, -0.1) is 10.2 Å². The molecule has 6 rings (SSSR count). The van der Waals surface area contributed by atoms with E-state index in [1.165, 1.54) is 39.8 Å². The molecule has 0 amide bonds. The highest BCUT2D eigenvalue weighted by atomic mass is 19.1. The number of benzene rings is 2. The Balaban J connectivity index is 1.41. The second kappa shape index (κ2) is 9.64. The summed E-state index contributed by atoms with van der Waals surface area (Å²) in [5.41, 5.74) is 0.0659. The van der Waals surface area contributed by atoms with Crippen LogP contribution in [0.2, 0.25) is 0 Å². The molecule has 4 heterocycles. The van der Waals surface area contributed by atoms with Gasteiger partial charge in [-0.3, -0.25) is 9.48 Å². The Bertz CT molecular complexity index is 1750. The van der Waals surface area contributed by atoms with Crippen LogP contribution >= 0.6 is 0 Å². The fraction of sp³-hybridized carbons (Fsp3) is 0.208. The summed E-state index contributed by atoms with van der Waals surface area (Å²) in [6.45, 7) is -2.21. The first kappa shape index (κ1) is 21.4. The van der Waals surface area contributed by atoms with Crippen LogP contribution in [0.15, 0.2) is 58.2 Å². The molecule has 0 radical (unpaired) electrons. The van der Waals surface area contributed by atoms with Gasteiger partial charge in [0.25, 0.3) is 11.4 Å². The van der Waals surface area contributed by atoms with Crippen molar-refractivity contribution in [3.05, 3.63) is 76.5 Å². The van der Waals surface area contributed by atoms with Crippen molar-refractivity contribution in [2.75, 3.05) is 23.8 Å². The van der Waals surface area contributed by atoms with Crippen molar-refractivity contribution in [1.82, 2.24) is 29.5 Å². The highest BCUT2D eigenvalue weighted by molar-refractivity contribution is 5.84. The standard InChI is InChI=1S/C24H20F2N8O4/c25-14-3-1-13(2-4-14)18(10-35)29-21-16(22-32-28-11-38-22)9-27-24(31-21)30-17-6-5-15-20(19(17)26)33-7-8-37-12-34(33)23(15)36/h1-6,9,11,18,35H,7-8,10,12H2,(H2,27,29,30,31)/t18-/m1/s1/i10D2. The van der Waals surface area contributed by atoms with Crippen molar-refractivity contribution in [3.63, 3.8) is 0 Å². The molecule has 0 aliphatic carbocycles. The van der Waals surface area contributed by atoms with E-state index >= 15 is 4.39 Å². The Kier molecular flexibility index (Phi) is 5.43. The van der Waals surface area contributed by atoms with Gasteiger partial charge in [0.1, 0.15) is 23.9 Å². The third-order valence-electron chi connectivity index (χ3n) is 6.03. The van der Waals surface area contributed by atoms with E-state index in [9.17, 15) is 14.3 Å². The Labute approximate surface area is 215 Å². The number of hydrogen-bond acceptors (Lipinski definition) is 10. The second-order valence-corrected chi connectivity index (χ2v) is 8.27. The molecular formula is C24H20F2N8O4. The number of hydrogen-bond donors (Lipinski definition) is 3. The molecule has 12 nitrogen and oxygen atoms in total. The molecular weight excluding hydrogens is 502 g/mol. The van der Waals surface area contributed by atoms with E-state index < -0.39 is 24.2 Å². The van der Waals surface area contributed by atoms with Gasteiger partial charge < -0.3 is 24.9 Å². The van der Waals surface area contributed by atoms with Crippen LogP contribution in [0, 0.1) is 11.6 Å². The van der Waals surface area contributed by atoms with Crippen LogP contribution in [-0.2, 0) is 18.0 Å². The largest absolute Gasteiger partial charge is 0.423 e. The molecule has 0 spiro atoms. The smallest absolute Gasteiger partial charge is 0.276 e. The summed E-state index contributed by atoms with van der Waals surface area (Å²) in [5.74, 6) is -1.42. The third kappa shape index (κ3) is 4.14. The van der Waals surface area contributed by atoms with Crippen LogP contribution < -0.4 is 16.2 Å². The zero-order valence-corrected chi connectivity index (χ0v) is 19.4. The molecule has 14 heteroatoms. The van der Waals surface area contributed by atoms with Crippen LogP contribution in [0.25, 0.3) is 22.4 Å². The molecule has 38 heavy (non-hydrogen) atoms. The summed E-state index contributed by atoms with van der Waals surface area (Å²) in [4.78, 5) is 21.2. The molecule has 0 fully saturated rings. The van der Waals surface area contributed by atoms with Crippen LogP contribution in [0.1, 0.15) is 14.3 Å². The van der Waals surface area contributed by atoms with Crippen LogP contribution in [0.5, 0.6) is 0 Å². The molecule has 0 unspecified atom stereocenters. The van der Waals surface area contributed by atoms with E-state index in [1.807, 2.05) is 0 Å². The summed E-state index contributed by atoms with van der Waals surface area (Å²) in [6.07, 6.45) is 2.36. The SMILES string of the molecule is [2H]C([2H])(O)[C@@H](Nc1nc(Nc2ccc3c(=O)n4n(c3c2F)CCOC4)ncc1-c1nnco1)c1ccc(F)cc1. The van der Waals surface area contributed by atoms with Crippen molar-refractivity contribution in [1.29, 1.82) is 0 Å². The van der Waals surface area contributed by atoms with E-state index in [2.05, 4.69) is 30.8 Å². The lowest BCUT2D eigenvalue weighted by Crippen LogP contribution is -2.30. The molecule has 5 aromatic rings. The van der Waals surface area contributed by atoms with E-state index in [0.717, 1.165) is 18.5 Å². The summed E-state index contributed by atoms with van der Waals surface area (Å²) in [6, 6.07) is 6.30. The first-order valence-corrected chi connectivity index (χ1v) is 11.4. The molecule has 0 saturated carbocycles. The minimum absolute atomic E-state index is 0.0125. The van der Waals surface area contributed by atoms with Gasteiger partial charge in [-0.05, 0) is 29.8 Å². The van der Waals surface area contributed by atoms with Crippen molar-refractivity contribution >= 4 is 28.4 Å². The lowest BCUT2D eigenvalue weighted by atomic mass is 10.1. The molecule has 1 atom stereocenters. The Morgan fingerprint density at radius 1 is 1.18 bits per heavy atom. The Hall–Kier alpha value is -4.69. The monoisotopic (exact) mass is 524 g/mol. The molecule has 194 valence electrons. The minimum Gasteiger partial charge on any atom is -0.423 e. The van der Waals surface area contributed by atoms with Gasteiger partial charge in [0.2, 0.25) is 12.3 Å². The number of aliphatic hydroxyl groups is 1. The first-order valence-electron chi connectivity index (χ1n) is 12.4. The summed E-state index contributed by atoms with van der Waals surface area (Å²) < 4.78 is 58.5. The summed E-state index contributed by atoms with van der Waals surface area (Å²) >= 11 is 0. The number of aromatic nitrogens is 6. The third-order valence-corrected chi connectivity index (χ3v) is 6.03. The van der Waals surface area contributed by atoms with Crippen molar-refractivity contribution in [2.24, 2.45) is 0 Å². The zero-order valence-electron chi connectivity index (χ0n) is 21.4. The highest BCUT2D eigenvalue weighted by Crippen LogP contribution is 2.31. The van der Waals surface area contributed by atoms with E-state index in [4.69, 9.17) is 11.9 Å². The lowest BCUT2D eigenvalue weighted by molar-refractivity contribution is 0.0154. The van der Waals surface area contributed by atoms with Crippen molar-refractivity contribution in [2.45, 2.75) is 19.3 Å². The molecule has 3 aromatic heterocycles. The van der Waals surface area contributed by atoms with Crippen LogP contribution in [0.4, 0.5) is 26.2 Å². The Morgan fingerprint density at radius 2 is 2.03 bits per heavy atom. The molecule has 3 N–H and O–H groups in total. The van der Waals surface area contributed by atoms with Gasteiger partial charge in [-0.2, -0.15) is 4.98 Å². The molecule has 1 aliphatic heterocycles. The quantitative estimate of drug-likeness (QED) is 0.291. The van der Waals surface area contributed by atoms with E-state index in [0.29, 0.717) is 6.61 Å². The number of anilines is 3. The predicted octanol–water partition coefficient (Wildman–Crippen LogP) is 2.80. The topological polar surface area (TPSA) is 145 Å². The van der Waals surface area contributed by atoms with Crippen molar-refractivity contribution in [3.8, 4) is 11.5 Å². The first-order chi connectivity index (χ1) is 19.2. The number of fused-ring (bicyclic) bond motifs is 3. The fourth-order valence-corrected chi connectivity index (χ4v) is 4.22. The molecule has 0 saturated heterocycles. The molecule has 0 bridgehead atoms. The van der Waals surface area contributed by atoms with Gasteiger partial charge >= 0.3 is 0 Å². The highest BCUT2D eigenvalue weighted by Gasteiger charge is 2.23. The average molecular weight is 524 g/mol. The predicted molar refractivity (Wildman–Crippen MR) is 131 cm³/mol. The van der Waals surface area contributed by atoms with Crippen LogP contribution in [0.3, 0.4) is 0 Å². The van der Waals surface area contributed by atoms with Gasteiger partial charge in [0.15, 0.2) is 5.82 Å². The normalized spacial score (nSPS) is 15.0. The maximum Gasteiger partial charge on any atom is 0.276 e. The number of rotatable bonds is 7. The zero-order chi connectivity index (χ0) is 28.0. The van der Waals surface area contributed by atoms with Crippen molar-refractivity contribution < 1.29 is 25.8 Å². The van der Waals surface area contributed by atoms with Gasteiger partial charge in [0, 0.05) is 6.20 Å². The van der Waals surface area contributed by atoms with Gasteiger partial charge in [-0.1, -0.05) is 12.1 Å². The number of halogens is 2. The Morgan fingerprint density at radius 3 is 2.79 bits per heavy atom. The molecule has 2 aromatic carbocycles. The average Bonchev–Trinajstić information content (AvgIpc) is 3.57. The number of ether oxygens (including phenoxy) is 1. The van der Waals surface area contributed by atoms with Gasteiger partial charge in [0.05, 0.1) is 45.1 Å². The maximum absolute atomic E-state index is 15.7. The summed E-state index contributed by atoms with van der Waals surface area (Å²) in [7, 11) is 0. The number of nitrogens with zero attached hydrogens (tertiary/aromatic N) is 6. The lowest BCUT2D eigenvalue weighted by Gasteiger charge is -2.19. The van der Waals surface area contributed by atoms with Gasteiger partial charge in [-0.25, -0.2) is 18.4 Å². The van der Waals surface area contributed by atoms with E-state index in [-0.39, 0.29) is 64.2 Å². The molecule has 1 aliphatic rings. The fourth-order valence-electron chi connectivity index (χ4n) is 4.22. The maximum atomic E-state index is 15.7.